The van der Waals surface area contributed by atoms with E-state index in [1.807, 2.05) is 25.3 Å². The van der Waals surface area contributed by atoms with E-state index in [1.165, 1.54) is 0 Å². The van der Waals surface area contributed by atoms with Crippen LogP contribution in [0.25, 0.3) is 0 Å². The lowest BCUT2D eigenvalue weighted by atomic mass is 9.90. The molecule has 4 rings (SSSR count). The van der Waals surface area contributed by atoms with E-state index in [-0.39, 0.29) is 6.04 Å². The van der Waals surface area contributed by atoms with E-state index >= 15 is 0 Å². The van der Waals surface area contributed by atoms with Crippen LogP contribution in [0.1, 0.15) is 43.4 Å². The fourth-order valence-corrected chi connectivity index (χ4v) is 3.97. The van der Waals surface area contributed by atoms with Gasteiger partial charge in [0.25, 0.3) is 0 Å². The smallest absolute Gasteiger partial charge is 0.244 e. The molecule has 0 bridgehead atoms. The Kier molecular flexibility index (Phi) is 5.45. The first kappa shape index (κ1) is 17.4. The number of anilines is 1. The number of hydrogen-bond donors (Lipinski definition) is 1. The van der Waals surface area contributed by atoms with Crippen molar-refractivity contribution in [2.75, 3.05) is 31.2 Å². The number of ether oxygens (including phenoxy) is 1. The van der Waals surface area contributed by atoms with Gasteiger partial charge in [0.05, 0.1) is 6.04 Å². The van der Waals surface area contributed by atoms with Crippen molar-refractivity contribution in [3.8, 4) is 0 Å². The first-order chi connectivity index (χ1) is 12.8. The maximum atomic E-state index is 5.54. The van der Waals surface area contributed by atoms with Crippen molar-refractivity contribution < 1.29 is 9.26 Å². The molecule has 2 aromatic rings. The Morgan fingerprint density at radius 1 is 1.15 bits per heavy atom. The quantitative estimate of drug-likeness (QED) is 0.881. The monoisotopic (exact) mass is 357 g/mol. The average Bonchev–Trinajstić information content (AvgIpc) is 3.14. The summed E-state index contributed by atoms with van der Waals surface area (Å²) in [6, 6.07) is 6.66. The highest BCUT2D eigenvalue weighted by atomic mass is 16.5. The van der Waals surface area contributed by atoms with Gasteiger partial charge in [-0.25, -0.2) is 4.98 Å². The van der Waals surface area contributed by atoms with Crippen molar-refractivity contribution >= 4 is 5.82 Å². The molecule has 7 heteroatoms. The second kappa shape index (κ2) is 8.14. The summed E-state index contributed by atoms with van der Waals surface area (Å²) in [5, 5.41) is 7.83. The topological polar surface area (TPSA) is 76.3 Å². The minimum absolute atomic E-state index is 0.117. The van der Waals surface area contributed by atoms with Gasteiger partial charge >= 0.3 is 0 Å². The Bertz CT molecular complexity index is 678. The molecule has 0 aliphatic carbocycles. The molecule has 4 heterocycles. The van der Waals surface area contributed by atoms with Crippen molar-refractivity contribution in [1.82, 2.24) is 20.4 Å². The maximum Gasteiger partial charge on any atom is 0.244 e. The fraction of sp³-hybridized carbons (Fsp3) is 0.632. The van der Waals surface area contributed by atoms with Gasteiger partial charge < -0.3 is 19.5 Å². The molecule has 2 aliphatic rings. The van der Waals surface area contributed by atoms with E-state index in [9.17, 15) is 0 Å². The predicted molar refractivity (Wildman–Crippen MR) is 97.9 cm³/mol. The standard InChI is InChI=1S/C19H27N5O2/c1-14-21-19(26-23-14)18(15-7-12-25-13-8-15)22-16-5-10-24(11-6-16)17-4-2-3-9-20-17/h2-4,9,15-16,18,22H,5-8,10-13H2,1H3. The molecule has 0 spiro atoms. The average molecular weight is 357 g/mol. The van der Waals surface area contributed by atoms with Crippen molar-refractivity contribution in [3.63, 3.8) is 0 Å². The molecule has 1 atom stereocenters. The molecule has 0 amide bonds. The Hall–Kier alpha value is -1.99. The second-order valence-electron chi connectivity index (χ2n) is 7.22. The summed E-state index contributed by atoms with van der Waals surface area (Å²) >= 11 is 0. The van der Waals surface area contributed by atoms with Crippen LogP contribution >= 0.6 is 0 Å². The molecule has 2 saturated heterocycles. The van der Waals surface area contributed by atoms with Crippen LogP contribution in [0.15, 0.2) is 28.9 Å². The highest BCUT2D eigenvalue weighted by Crippen LogP contribution is 2.31. The number of pyridine rings is 1. The van der Waals surface area contributed by atoms with Gasteiger partial charge in [0, 0.05) is 38.5 Å². The van der Waals surface area contributed by atoms with Crippen molar-refractivity contribution in [2.24, 2.45) is 5.92 Å². The highest BCUT2D eigenvalue weighted by molar-refractivity contribution is 5.38. The number of aryl methyl sites for hydroxylation is 1. The van der Waals surface area contributed by atoms with Crippen LogP contribution in [0.4, 0.5) is 5.82 Å². The number of nitrogens with zero attached hydrogens (tertiary/aromatic N) is 4. The molecule has 26 heavy (non-hydrogen) atoms. The lowest BCUT2D eigenvalue weighted by molar-refractivity contribution is 0.0461. The molecule has 0 aromatic carbocycles. The summed E-state index contributed by atoms with van der Waals surface area (Å²) < 4.78 is 11.1. The molecule has 7 nitrogen and oxygen atoms in total. The molecule has 2 aliphatic heterocycles. The Morgan fingerprint density at radius 3 is 2.62 bits per heavy atom. The second-order valence-corrected chi connectivity index (χ2v) is 7.22. The molecule has 2 aromatic heterocycles. The molecule has 1 N–H and O–H groups in total. The lowest BCUT2D eigenvalue weighted by Gasteiger charge is -2.37. The normalized spacial score (nSPS) is 21.0. The van der Waals surface area contributed by atoms with Crippen molar-refractivity contribution in [2.45, 2.75) is 44.7 Å². The highest BCUT2D eigenvalue weighted by Gasteiger charge is 2.32. The van der Waals surface area contributed by atoms with Gasteiger partial charge in [0.15, 0.2) is 5.82 Å². The lowest BCUT2D eigenvalue weighted by Crippen LogP contribution is -2.46. The van der Waals surface area contributed by atoms with Gasteiger partial charge in [-0.3, -0.25) is 0 Å². The van der Waals surface area contributed by atoms with Crippen molar-refractivity contribution in [1.29, 1.82) is 0 Å². The van der Waals surface area contributed by atoms with Crippen LogP contribution in [0, 0.1) is 12.8 Å². The molecule has 140 valence electrons. The SMILES string of the molecule is Cc1noc(C(NC2CCN(c3ccccn3)CC2)C2CCOCC2)n1. The number of nitrogens with one attached hydrogen (secondary N) is 1. The molecular formula is C19H27N5O2. The van der Waals surface area contributed by atoms with Gasteiger partial charge in [-0.15, -0.1) is 0 Å². The number of piperidine rings is 1. The summed E-state index contributed by atoms with van der Waals surface area (Å²) in [5.74, 6) is 2.97. The Labute approximate surface area is 154 Å². The van der Waals surface area contributed by atoms with Crippen LogP contribution in [-0.2, 0) is 4.74 Å². The minimum atomic E-state index is 0.117. The summed E-state index contributed by atoms with van der Waals surface area (Å²) in [4.78, 5) is 11.3. The number of hydrogen-bond acceptors (Lipinski definition) is 7. The third-order valence-corrected chi connectivity index (χ3v) is 5.43. The van der Waals surface area contributed by atoms with Crippen LogP contribution in [0.3, 0.4) is 0 Å². The summed E-state index contributed by atoms with van der Waals surface area (Å²) in [6.45, 7) is 5.53. The van der Waals surface area contributed by atoms with Gasteiger partial charge in [0.2, 0.25) is 5.89 Å². The zero-order valence-corrected chi connectivity index (χ0v) is 15.3. The van der Waals surface area contributed by atoms with E-state index < -0.39 is 0 Å². The molecular weight excluding hydrogens is 330 g/mol. The van der Waals surface area contributed by atoms with Gasteiger partial charge in [-0.1, -0.05) is 11.2 Å². The molecule has 2 fully saturated rings. The minimum Gasteiger partial charge on any atom is -0.381 e. The number of aromatic nitrogens is 3. The van der Waals surface area contributed by atoms with E-state index in [4.69, 9.17) is 9.26 Å². The van der Waals surface area contributed by atoms with Gasteiger partial charge in [-0.2, -0.15) is 4.98 Å². The zero-order chi connectivity index (χ0) is 17.8. The Balaban J connectivity index is 1.40. The van der Waals surface area contributed by atoms with Crippen LogP contribution < -0.4 is 10.2 Å². The van der Waals surface area contributed by atoms with E-state index in [2.05, 4.69) is 31.4 Å². The summed E-state index contributed by atoms with van der Waals surface area (Å²) in [6.07, 6.45) is 6.10. The Morgan fingerprint density at radius 2 is 1.96 bits per heavy atom. The van der Waals surface area contributed by atoms with E-state index in [1.54, 1.807) is 0 Å². The maximum absolute atomic E-state index is 5.54. The van der Waals surface area contributed by atoms with Gasteiger partial charge in [0.1, 0.15) is 5.82 Å². The van der Waals surface area contributed by atoms with E-state index in [0.29, 0.717) is 17.8 Å². The molecule has 0 radical (unpaired) electrons. The van der Waals surface area contributed by atoms with Crippen LogP contribution in [0.2, 0.25) is 0 Å². The van der Waals surface area contributed by atoms with E-state index in [0.717, 1.165) is 63.7 Å². The van der Waals surface area contributed by atoms with Crippen LogP contribution in [-0.4, -0.2) is 47.5 Å². The largest absolute Gasteiger partial charge is 0.381 e. The first-order valence-corrected chi connectivity index (χ1v) is 9.59. The third kappa shape index (κ3) is 4.04. The third-order valence-electron chi connectivity index (χ3n) is 5.43. The predicted octanol–water partition coefficient (Wildman–Crippen LogP) is 2.50. The summed E-state index contributed by atoms with van der Waals surface area (Å²) in [5.41, 5.74) is 0. The van der Waals surface area contributed by atoms with Gasteiger partial charge in [-0.05, 0) is 50.7 Å². The van der Waals surface area contributed by atoms with Crippen molar-refractivity contribution in [3.05, 3.63) is 36.1 Å². The first-order valence-electron chi connectivity index (χ1n) is 9.59. The number of rotatable bonds is 5. The molecule has 1 unspecified atom stereocenters. The summed E-state index contributed by atoms with van der Waals surface area (Å²) in [7, 11) is 0. The fourth-order valence-electron chi connectivity index (χ4n) is 3.97. The molecule has 0 saturated carbocycles. The van der Waals surface area contributed by atoms with Crippen LogP contribution in [0.5, 0.6) is 0 Å². The zero-order valence-electron chi connectivity index (χ0n) is 15.3.